The number of hydrogen-bond donors (Lipinski definition) is 3. The number of carbonyl (C=O) groups excluding carboxylic acids is 1. The SMILES string of the molecule is COc1cccc2c1CCC2(N)C(=O)NCC1CCNCC1. The summed E-state index contributed by atoms with van der Waals surface area (Å²) in [6.07, 6.45) is 3.65. The summed E-state index contributed by atoms with van der Waals surface area (Å²) in [6.45, 7) is 2.79. The first kappa shape index (κ1) is 15.3. The summed E-state index contributed by atoms with van der Waals surface area (Å²) in [7, 11) is 1.66. The lowest BCUT2D eigenvalue weighted by molar-refractivity contribution is -0.126. The Morgan fingerprint density at radius 3 is 2.95 bits per heavy atom. The van der Waals surface area contributed by atoms with Crippen molar-refractivity contribution in [2.24, 2.45) is 11.7 Å². The third kappa shape index (κ3) is 2.71. The van der Waals surface area contributed by atoms with Crippen LogP contribution < -0.4 is 21.1 Å². The van der Waals surface area contributed by atoms with Gasteiger partial charge in [0.2, 0.25) is 5.91 Å². The smallest absolute Gasteiger partial charge is 0.244 e. The summed E-state index contributed by atoms with van der Waals surface area (Å²) in [5, 5.41) is 6.42. The maximum atomic E-state index is 12.7. The van der Waals surface area contributed by atoms with Crippen LogP contribution in [-0.4, -0.2) is 32.7 Å². The lowest BCUT2D eigenvalue weighted by Crippen LogP contribution is -2.51. The Kier molecular flexibility index (Phi) is 4.36. The number of amides is 1. The summed E-state index contributed by atoms with van der Waals surface area (Å²) in [5.74, 6) is 1.33. The second-order valence-corrected chi connectivity index (χ2v) is 6.36. The minimum Gasteiger partial charge on any atom is -0.496 e. The molecule has 1 aliphatic heterocycles. The number of fused-ring (bicyclic) bond motifs is 1. The van der Waals surface area contributed by atoms with E-state index in [-0.39, 0.29) is 5.91 Å². The maximum absolute atomic E-state index is 12.7. The van der Waals surface area contributed by atoms with Crippen LogP contribution in [0.4, 0.5) is 0 Å². The second kappa shape index (κ2) is 6.26. The molecule has 1 unspecified atom stereocenters. The molecule has 1 atom stereocenters. The van der Waals surface area contributed by atoms with Gasteiger partial charge in [0.15, 0.2) is 0 Å². The number of nitrogens with one attached hydrogen (secondary N) is 2. The van der Waals surface area contributed by atoms with Crippen molar-refractivity contribution in [3.05, 3.63) is 29.3 Å². The van der Waals surface area contributed by atoms with E-state index in [9.17, 15) is 4.79 Å². The average molecular weight is 303 g/mol. The molecule has 1 amide bonds. The van der Waals surface area contributed by atoms with Gasteiger partial charge in [0.1, 0.15) is 11.3 Å². The minimum absolute atomic E-state index is 0.0574. The van der Waals surface area contributed by atoms with Crippen molar-refractivity contribution in [1.29, 1.82) is 0 Å². The molecule has 5 nitrogen and oxygen atoms in total. The van der Waals surface area contributed by atoms with Crippen molar-refractivity contribution >= 4 is 5.91 Å². The van der Waals surface area contributed by atoms with Gasteiger partial charge in [0.05, 0.1) is 7.11 Å². The standard InChI is InChI=1S/C17H25N3O2/c1-22-15-4-2-3-14-13(15)5-8-17(14,18)16(21)20-11-12-6-9-19-10-7-12/h2-4,12,19H,5-11,18H2,1H3,(H,20,21). The highest BCUT2D eigenvalue weighted by Gasteiger charge is 2.42. The first-order valence-electron chi connectivity index (χ1n) is 8.09. The zero-order chi connectivity index (χ0) is 15.6. The van der Waals surface area contributed by atoms with Gasteiger partial charge in [-0.15, -0.1) is 0 Å². The maximum Gasteiger partial charge on any atom is 0.244 e. The number of piperidine rings is 1. The predicted molar refractivity (Wildman–Crippen MR) is 85.8 cm³/mol. The van der Waals surface area contributed by atoms with E-state index in [1.807, 2.05) is 18.2 Å². The zero-order valence-corrected chi connectivity index (χ0v) is 13.2. The quantitative estimate of drug-likeness (QED) is 0.773. The molecule has 120 valence electrons. The molecule has 1 aromatic carbocycles. The molecule has 1 aromatic rings. The van der Waals surface area contributed by atoms with Crippen LogP contribution in [0.1, 0.15) is 30.4 Å². The largest absolute Gasteiger partial charge is 0.496 e. The van der Waals surface area contributed by atoms with E-state index in [2.05, 4.69) is 10.6 Å². The summed E-state index contributed by atoms with van der Waals surface area (Å²) >= 11 is 0. The molecule has 1 fully saturated rings. The van der Waals surface area contributed by atoms with Crippen molar-refractivity contribution < 1.29 is 9.53 Å². The van der Waals surface area contributed by atoms with Gasteiger partial charge in [0.25, 0.3) is 0 Å². The van der Waals surface area contributed by atoms with E-state index in [1.165, 1.54) is 0 Å². The average Bonchev–Trinajstić information content (AvgIpc) is 2.92. The molecule has 4 N–H and O–H groups in total. The highest BCUT2D eigenvalue weighted by molar-refractivity contribution is 5.89. The fourth-order valence-electron chi connectivity index (χ4n) is 3.61. The molecule has 22 heavy (non-hydrogen) atoms. The fourth-order valence-corrected chi connectivity index (χ4v) is 3.61. The van der Waals surface area contributed by atoms with Crippen LogP contribution in [0.3, 0.4) is 0 Å². The van der Waals surface area contributed by atoms with Crippen LogP contribution in [0.5, 0.6) is 5.75 Å². The Morgan fingerprint density at radius 2 is 2.23 bits per heavy atom. The highest BCUT2D eigenvalue weighted by Crippen LogP contribution is 2.39. The monoisotopic (exact) mass is 303 g/mol. The third-order valence-corrected chi connectivity index (χ3v) is 5.02. The Morgan fingerprint density at radius 1 is 1.45 bits per heavy atom. The van der Waals surface area contributed by atoms with E-state index in [0.717, 1.165) is 55.8 Å². The first-order valence-corrected chi connectivity index (χ1v) is 8.09. The summed E-state index contributed by atoms with van der Waals surface area (Å²) in [5.41, 5.74) is 7.54. The molecular formula is C17H25N3O2. The Hall–Kier alpha value is -1.59. The Balaban J connectivity index is 1.71. The van der Waals surface area contributed by atoms with Crippen LogP contribution >= 0.6 is 0 Å². The van der Waals surface area contributed by atoms with Crippen molar-refractivity contribution in [2.45, 2.75) is 31.2 Å². The molecule has 1 heterocycles. The molecule has 5 heteroatoms. The van der Waals surface area contributed by atoms with E-state index in [0.29, 0.717) is 12.3 Å². The number of ether oxygens (including phenoxy) is 1. The summed E-state index contributed by atoms with van der Waals surface area (Å²) in [4.78, 5) is 12.7. The van der Waals surface area contributed by atoms with Crippen LogP contribution in [0, 0.1) is 5.92 Å². The lowest BCUT2D eigenvalue weighted by Gasteiger charge is -2.27. The van der Waals surface area contributed by atoms with Gasteiger partial charge in [-0.3, -0.25) is 4.79 Å². The molecule has 1 aliphatic carbocycles. The number of benzene rings is 1. The highest BCUT2D eigenvalue weighted by atomic mass is 16.5. The Labute approximate surface area is 131 Å². The number of methoxy groups -OCH3 is 1. The first-order chi connectivity index (χ1) is 10.6. The van der Waals surface area contributed by atoms with Gasteiger partial charge < -0.3 is 21.1 Å². The molecule has 0 aromatic heterocycles. The number of nitrogens with two attached hydrogens (primary N) is 1. The molecule has 3 rings (SSSR count). The van der Waals surface area contributed by atoms with Gasteiger partial charge >= 0.3 is 0 Å². The second-order valence-electron chi connectivity index (χ2n) is 6.36. The minimum atomic E-state index is -0.920. The molecule has 2 aliphatic rings. The molecular weight excluding hydrogens is 278 g/mol. The van der Waals surface area contributed by atoms with E-state index in [1.54, 1.807) is 7.11 Å². The summed E-state index contributed by atoms with van der Waals surface area (Å²) in [6, 6.07) is 5.79. The van der Waals surface area contributed by atoms with Gasteiger partial charge in [0, 0.05) is 6.54 Å². The van der Waals surface area contributed by atoms with Crippen molar-refractivity contribution in [2.75, 3.05) is 26.7 Å². The Bertz CT molecular complexity index is 555. The van der Waals surface area contributed by atoms with Gasteiger partial charge in [-0.25, -0.2) is 0 Å². The van der Waals surface area contributed by atoms with Crippen LogP contribution in [-0.2, 0) is 16.8 Å². The third-order valence-electron chi connectivity index (χ3n) is 5.02. The van der Waals surface area contributed by atoms with Gasteiger partial charge in [-0.1, -0.05) is 12.1 Å². The van der Waals surface area contributed by atoms with E-state index in [4.69, 9.17) is 10.5 Å². The van der Waals surface area contributed by atoms with Gasteiger partial charge in [-0.2, -0.15) is 0 Å². The van der Waals surface area contributed by atoms with Crippen LogP contribution in [0.25, 0.3) is 0 Å². The number of hydrogen-bond acceptors (Lipinski definition) is 4. The fraction of sp³-hybridized carbons (Fsp3) is 0.588. The van der Waals surface area contributed by atoms with E-state index < -0.39 is 5.54 Å². The number of rotatable bonds is 4. The summed E-state index contributed by atoms with van der Waals surface area (Å²) < 4.78 is 5.39. The van der Waals surface area contributed by atoms with E-state index >= 15 is 0 Å². The molecule has 0 spiro atoms. The molecule has 0 bridgehead atoms. The normalized spacial score (nSPS) is 24.8. The van der Waals surface area contributed by atoms with Crippen molar-refractivity contribution in [1.82, 2.24) is 10.6 Å². The van der Waals surface area contributed by atoms with Crippen LogP contribution in [0.15, 0.2) is 18.2 Å². The van der Waals surface area contributed by atoms with Crippen molar-refractivity contribution in [3.63, 3.8) is 0 Å². The van der Waals surface area contributed by atoms with Crippen LogP contribution in [0.2, 0.25) is 0 Å². The lowest BCUT2D eigenvalue weighted by atomic mass is 9.91. The van der Waals surface area contributed by atoms with Gasteiger partial charge in [-0.05, 0) is 61.9 Å². The topological polar surface area (TPSA) is 76.4 Å². The number of carbonyl (C=O) groups is 1. The predicted octanol–water partition coefficient (Wildman–Crippen LogP) is 0.911. The molecule has 0 radical (unpaired) electrons. The molecule has 1 saturated heterocycles. The van der Waals surface area contributed by atoms with Crippen molar-refractivity contribution in [3.8, 4) is 5.75 Å². The zero-order valence-electron chi connectivity index (χ0n) is 13.2. The molecule has 0 saturated carbocycles.